The van der Waals surface area contributed by atoms with Crippen LogP contribution in [0.4, 0.5) is 0 Å². The third kappa shape index (κ3) is 5.58. The largest absolute Gasteiger partial charge is 0.490 e. The number of aliphatic hydroxyl groups excluding tert-OH is 1. The molecular formula is C21H28N2O3. The lowest BCUT2D eigenvalue weighted by Gasteiger charge is -2.23. The summed E-state index contributed by atoms with van der Waals surface area (Å²) in [6.45, 7) is 3.12. The van der Waals surface area contributed by atoms with Crippen LogP contribution in [0, 0.1) is 6.92 Å². The van der Waals surface area contributed by atoms with E-state index < -0.39 is 6.10 Å². The third-order valence-electron chi connectivity index (χ3n) is 4.16. The summed E-state index contributed by atoms with van der Waals surface area (Å²) in [7, 11) is 5.72. The predicted molar refractivity (Wildman–Crippen MR) is 103 cm³/mol. The molecule has 5 nitrogen and oxygen atoms in total. The van der Waals surface area contributed by atoms with Gasteiger partial charge in [-0.2, -0.15) is 0 Å². The summed E-state index contributed by atoms with van der Waals surface area (Å²) in [6, 6.07) is 15.6. The van der Waals surface area contributed by atoms with Gasteiger partial charge in [0.05, 0.1) is 0 Å². The summed E-state index contributed by atoms with van der Waals surface area (Å²) in [5, 5.41) is 10.2. The van der Waals surface area contributed by atoms with Crippen LogP contribution < -0.4 is 4.74 Å². The van der Waals surface area contributed by atoms with Crippen LogP contribution in [0.5, 0.6) is 5.75 Å². The van der Waals surface area contributed by atoms with Crippen molar-refractivity contribution in [3.63, 3.8) is 0 Å². The van der Waals surface area contributed by atoms with E-state index >= 15 is 0 Å². The molecule has 0 saturated carbocycles. The zero-order valence-corrected chi connectivity index (χ0v) is 16.0. The van der Waals surface area contributed by atoms with Gasteiger partial charge in [-0.3, -0.25) is 4.79 Å². The lowest BCUT2D eigenvalue weighted by atomic mass is 10.1. The number of hydrogen-bond donors (Lipinski definition) is 1. The monoisotopic (exact) mass is 356 g/mol. The average molecular weight is 356 g/mol. The molecule has 5 heteroatoms. The van der Waals surface area contributed by atoms with Crippen molar-refractivity contribution in [2.45, 2.75) is 26.1 Å². The number of aliphatic hydroxyl groups is 1. The molecular weight excluding hydrogens is 328 g/mol. The first-order valence-electron chi connectivity index (χ1n) is 8.71. The Morgan fingerprint density at radius 1 is 1.00 bits per heavy atom. The molecule has 2 aromatic carbocycles. The Labute approximate surface area is 155 Å². The van der Waals surface area contributed by atoms with E-state index in [1.807, 2.05) is 63.5 Å². The fraction of sp³-hybridized carbons (Fsp3) is 0.381. The van der Waals surface area contributed by atoms with Crippen LogP contribution in [0.25, 0.3) is 0 Å². The van der Waals surface area contributed by atoms with Gasteiger partial charge in [0.25, 0.3) is 5.91 Å². The number of amides is 1. The Kier molecular flexibility index (Phi) is 7.18. The molecule has 0 aromatic heterocycles. The standard InChI is InChI=1S/C21H28N2O3/c1-16-9-5-8-12-20(16)26-15-19(24)21(25)23(4)14-18-11-7-6-10-17(18)13-22(2)3/h5-12,19,24H,13-15H2,1-4H3. The van der Waals surface area contributed by atoms with E-state index in [1.54, 1.807) is 11.9 Å². The van der Waals surface area contributed by atoms with Gasteiger partial charge in [0.1, 0.15) is 12.4 Å². The normalized spacial score (nSPS) is 12.1. The fourth-order valence-corrected chi connectivity index (χ4v) is 2.75. The van der Waals surface area contributed by atoms with Crippen LogP contribution in [0.15, 0.2) is 48.5 Å². The van der Waals surface area contributed by atoms with Gasteiger partial charge in [0.2, 0.25) is 0 Å². The molecule has 0 aliphatic rings. The predicted octanol–water partition coefficient (Wildman–Crippen LogP) is 2.45. The van der Waals surface area contributed by atoms with Gasteiger partial charge < -0.3 is 19.6 Å². The zero-order chi connectivity index (χ0) is 19.1. The van der Waals surface area contributed by atoms with Crippen molar-refractivity contribution in [2.24, 2.45) is 0 Å². The van der Waals surface area contributed by atoms with Gasteiger partial charge in [-0.1, -0.05) is 42.5 Å². The van der Waals surface area contributed by atoms with Crippen molar-refractivity contribution in [3.05, 3.63) is 65.2 Å². The van der Waals surface area contributed by atoms with Gasteiger partial charge in [0, 0.05) is 20.1 Å². The molecule has 0 heterocycles. The summed E-state index contributed by atoms with van der Waals surface area (Å²) in [5.74, 6) is 0.330. The quantitative estimate of drug-likeness (QED) is 0.789. The number of nitrogens with zero attached hydrogens (tertiary/aromatic N) is 2. The highest BCUT2D eigenvalue weighted by Gasteiger charge is 2.21. The van der Waals surface area contributed by atoms with Crippen LogP contribution in [0.3, 0.4) is 0 Å². The van der Waals surface area contributed by atoms with Gasteiger partial charge in [-0.25, -0.2) is 0 Å². The molecule has 1 amide bonds. The van der Waals surface area contributed by atoms with Gasteiger partial charge in [0.15, 0.2) is 6.10 Å². The molecule has 2 aromatic rings. The number of carbonyl (C=O) groups is 1. The van der Waals surface area contributed by atoms with E-state index in [4.69, 9.17) is 4.74 Å². The number of para-hydroxylation sites is 1. The maximum atomic E-state index is 12.5. The maximum absolute atomic E-state index is 12.5. The molecule has 1 N–H and O–H groups in total. The Morgan fingerprint density at radius 2 is 1.58 bits per heavy atom. The molecule has 26 heavy (non-hydrogen) atoms. The minimum absolute atomic E-state index is 0.0621. The number of rotatable bonds is 8. The number of ether oxygens (including phenoxy) is 1. The maximum Gasteiger partial charge on any atom is 0.255 e. The molecule has 140 valence electrons. The van der Waals surface area contributed by atoms with Crippen molar-refractivity contribution in [3.8, 4) is 5.75 Å². The number of hydrogen-bond acceptors (Lipinski definition) is 4. The molecule has 0 aliphatic heterocycles. The molecule has 1 atom stereocenters. The van der Waals surface area contributed by atoms with Crippen LogP contribution in [0.2, 0.25) is 0 Å². The first-order valence-corrected chi connectivity index (χ1v) is 8.71. The molecule has 0 saturated heterocycles. The molecule has 0 spiro atoms. The third-order valence-corrected chi connectivity index (χ3v) is 4.16. The van der Waals surface area contributed by atoms with E-state index in [9.17, 15) is 9.90 Å². The Hall–Kier alpha value is -2.37. The minimum atomic E-state index is -1.19. The molecule has 1 unspecified atom stereocenters. The van der Waals surface area contributed by atoms with Crippen molar-refractivity contribution in [1.82, 2.24) is 9.80 Å². The summed E-state index contributed by atoms with van der Waals surface area (Å²) >= 11 is 0. The highest BCUT2D eigenvalue weighted by atomic mass is 16.5. The lowest BCUT2D eigenvalue weighted by Crippen LogP contribution is -2.39. The van der Waals surface area contributed by atoms with E-state index in [1.165, 1.54) is 5.56 Å². The Morgan fingerprint density at radius 3 is 2.19 bits per heavy atom. The van der Waals surface area contributed by atoms with Crippen LogP contribution >= 0.6 is 0 Å². The summed E-state index contributed by atoms with van der Waals surface area (Å²) in [5.41, 5.74) is 3.21. The van der Waals surface area contributed by atoms with Crippen molar-refractivity contribution < 1.29 is 14.6 Å². The van der Waals surface area contributed by atoms with Crippen molar-refractivity contribution in [1.29, 1.82) is 0 Å². The lowest BCUT2D eigenvalue weighted by molar-refractivity contribution is -0.140. The summed E-state index contributed by atoms with van der Waals surface area (Å²) < 4.78 is 5.59. The molecule has 0 fully saturated rings. The van der Waals surface area contributed by atoms with Crippen molar-refractivity contribution >= 4 is 5.91 Å². The minimum Gasteiger partial charge on any atom is -0.490 e. The second kappa shape index (κ2) is 9.36. The van der Waals surface area contributed by atoms with Crippen molar-refractivity contribution in [2.75, 3.05) is 27.7 Å². The van der Waals surface area contributed by atoms with Crippen LogP contribution in [0.1, 0.15) is 16.7 Å². The second-order valence-corrected chi connectivity index (χ2v) is 6.79. The number of likely N-dealkylation sites (N-methyl/N-ethyl adjacent to an activating group) is 1. The second-order valence-electron chi connectivity index (χ2n) is 6.79. The highest BCUT2D eigenvalue weighted by molar-refractivity contribution is 5.80. The van der Waals surface area contributed by atoms with Gasteiger partial charge in [-0.05, 0) is 43.8 Å². The highest BCUT2D eigenvalue weighted by Crippen LogP contribution is 2.17. The van der Waals surface area contributed by atoms with Gasteiger partial charge in [-0.15, -0.1) is 0 Å². The molecule has 0 radical (unpaired) electrons. The van der Waals surface area contributed by atoms with Gasteiger partial charge >= 0.3 is 0 Å². The Bertz CT molecular complexity index is 731. The average Bonchev–Trinajstić information content (AvgIpc) is 2.61. The summed E-state index contributed by atoms with van der Waals surface area (Å²) in [6.07, 6.45) is -1.19. The SMILES string of the molecule is Cc1ccccc1OCC(O)C(=O)N(C)Cc1ccccc1CN(C)C. The fourth-order valence-electron chi connectivity index (χ4n) is 2.75. The molecule has 0 bridgehead atoms. The smallest absolute Gasteiger partial charge is 0.255 e. The Balaban J connectivity index is 1.95. The van der Waals surface area contributed by atoms with Crippen LogP contribution in [-0.4, -0.2) is 54.7 Å². The molecule has 2 rings (SSSR count). The molecule has 0 aliphatic carbocycles. The summed E-state index contributed by atoms with van der Waals surface area (Å²) in [4.78, 5) is 16.1. The number of carbonyl (C=O) groups excluding carboxylic acids is 1. The first-order chi connectivity index (χ1) is 12.4. The van der Waals surface area contributed by atoms with E-state index in [0.717, 1.165) is 17.7 Å². The van der Waals surface area contributed by atoms with E-state index in [0.29, 0.717) is 12.3 Å². The topological polar surface area (TPSA) is 53.0 Å². The number of benzene rings is 2. The van der Waals surface area contributed by atoms with E-state index in [2.05, 4.69) is 11.0 Å². The zero-order valence-electron chi connectivity index (χ0n) is 16.0. The van der Waals surface area contributed by atoms with E-state index in [-0.39, 0.29) is 12.5 Å². The first kappa shape index (κ1) is 19.9. The number of aryl methyl sites for hydroxylation is 1. The van der Waals surface area contributed by atoms with Crippen LogP contribution in [-0.2, 0) is 17.9 Å².